The Balaban J connectivity index is 1.43. The first-order valence-corrected chi connectivity index (χ1v) is 8.60. The van der Waals surface area contributed by atoms with Gasteiger partial charge in [-0.05, 0) is 19.8 Å². The number of nitrogens with zero attached hydrogens (tertiary/aromatic N) is 5. The molecule has 3 heterocycles. The van der Waals surface area contributed by atoms with Crippen LogP contribution in [0.4, 0.5) is 0 Å². The van der Waals surface area contributed by atoms with E-state index in [9.17, 15) is 9.59 Å². The van der Waals surface area contributed by atoms with E-state index >= 15 is 0 Å². The highest BCUT2D eigenvalue weighted by atomic mass is 16.2. The van der Waals surface area contributed by atoms with Crippen LogP contribution in [0, 0.1) is 12.8 Å². The second-order valence-corrected chi connectivity index (χ2v) is 6.96. The lowest BCUT2D eigenvalue weighted by molar-refractivity contribution is -0.137. The third-order valence-corrected chi connectivity index (χ3v) is 5.52. The van der Waals surface area contributed by atoms with E-state index in [2.05, 4.69) is 14.8 Å². The Labute approximate surface area is 135 Å². The SMILES string of the molecule is Cc1nnc2n1CCN(C(=O)C1CC(=O)N(C3CCCC3)C1)C2. The molecule has 1 unspecified atom stereocenters. The van der Waals surface area contributed by atoms with E-state index in [1.807, 2.05) is 16.7 Å². The molecule has 1 saturated heterocycles. The quantitative estimate of drug-likeness (QED) is 0.806. The number of carbonyl (C=O) groups is 2. The standard InChI is InChI=1S/C16H23N5O2/c1-11-17-18-14-10-19(6-7-20(11)14)16(23)12-8-15(22)21(9-12)13-4-2-3-5-13/h12-13H,2-10H2,1H3. The fourth-order valence-corrected chi connectivity index (χ4v) is 4.22. The number of hydrogen-bond donors (Lipinski definition) is 0. The third-order valence-electron chi connectivity index (χ3n) is 5.52. The highest BCUT2D eigenvalue weighted by molar-refractivity contribution is 5.89. The summed E-state index contributed by atoms with van der Waals surface area (Å²) in [5.41, 5.74) is 0. The number of hydrogen-bond acceptors (Lipinski definition) is 4. The van der Waals surface area contributed by atoms with E-state index in [0.717, 1.165) is 31.0 Å². The molecule has 124 valence electrons. The van der Waals surface area contributed by atoms with Crippen LogP contribution in [0.15, 0.2) is 0 Å². The van der Waals surface area contributed by atoms with Crippen molar-refractivity contribution in [2.24, 2.45) is 5.92 Å². The van der Waals surface area contributed by atoms with Crippen LogP contribution in [0.1, 0.15) is 43.8 Å². The van der Waals surface area contributed by atoms with Gasteiger partial charge >= 0.3 is 0 Å². The molecule has 0 bridgehead atoms. The van der Waals surface area contributed by atoms with Gasteiger partial charge in [-0.2, -0.15) is 0 Å². The normalized spacial score (nSPS) is 25.3. The predicted molar refractivity (Wildman–Crippen MR) is 82.3 cm³/mol. The largest absolute Gasteiger partial charge is 0.339 e. The zero-order chi connectivity index (χ0) is 16.0. The van der Waals surface area contributed by atoms with E-state index in [4.69, 9.17) is 0 Å². The van der Waals surface area contributed by atoms with Gasteiger partial charge in [0.2, 0.25) is 11.8 Å². The predicted octanol–water partition coefficient (Wildman–Crippen LogP) is 0.720. The van der Waals surface area contributed by atoms with Crippen LogP contribution in [0.25, 0.3) is 0 Å². The topological polar surface area (TPSA) is 71.3 Å². The molecule has 2 fully saturated rings. The van der Waals surface area contributed by atoms with Gasteiger partial charge < -0.3 is 14.4 Å². The lowest BCUT2D eigenvalue weighted by Crippen LogP contribution is -2.43. The molecule has 1 aliphatic carbocycles. The minimum absolute atomic E-state index is 0.103. The van der Waals surface area contributed by atoms with Crippen LogP contribution < -0.4 is 0 Å². The second kappa shape index (κ2) is 5.62. The smallest absolute Gasteiger partial charge is 0.228 e. The number of fused-ring (bicyclic) bond motifs is 1. The summed E-state index contributed by atoms with van der Waals surface area (Å²) in [4.78, 5) is 28.9. The number of likely N-dealkylation sites (tertiary alicyclic amines) is 1. The van der Waals surface area contributed by atoms with Crippen LogP contribution in [-0.2, 0) is 22.7 Å². The average molecular weight is 317 g/mol. The summed E-state index contributed by atoms with van der Waals surface area (Å²) in [5.74, 6) is 1.82. The van der Waals surface area contributed by atoms with Crippen molar-refractivity contribution in [3.05, 3.63) is 11.6 Å². The first-order chi connectivity index (χ1) is 11.1. The number of carbonyl (C=O) groups excluding carboxylic acids is 2. The highest BCUT2D eigenvalue weighted by Gasteiger charge is 2.40. The summed E-state index contributed by atoms with van der Waals surface area (Å²) in [6.07, 6.45) is 4.97. The molecule has 0 N–H and O–H groups in total. The Morgan fingerprint density at radius 1 is 1.17 bits per heavy atom. The molecule has 2 aliphatic heterocycles. The van der Waals surface area contributed by atoms with E-state index in [0.29, 0.717) is 32.1 Å². The van der Waals surface area contributed by atoms with Crippen LogP contribution in [0.2, 0.25) is 0 Å². The molecule has 4 rings (SSSR count). The fraction of sp³-hybridized carbons (Fsp3) is 0.750. The lowest BCUT2D eigenvalue weighted by Gasteiger charge is -2.30. The van der Waals surface area contributed by atoms with E-state index < -0.39 is 0 Å². The lowest BCUT2D eigenvalue weighted by atomic mass is 10.1. The Kier molecular flexibility index (Phi) is 3.58. The van der Waals surface area contributed by atoms with Crippen LogP contribution in [-0.4, -0.2) is 55.5 Å². The minimum atomic E-state index is -0.182. The molecule has 3 aliphatic rings. The molecule has 7 nitrogen and oxygen atoms in total. The zero-order valence-corrected chi connectivity index (χ0v) is 13.6. The molecule has 2 amide bonds. The molecular weight excluding hydrogens is 294 g/mol. The van der Waals surface area contributed by atoms with Gasteiger partial charge in [-0.25, -0.2) is 0 Å². The van der Waals surface area contributed by atoms with Crippen molar-refractivity contribution in [3.63, 3.8) is 0 Å². The first-order valence-electron chi connectivity index (χ1n) is 8.60. The van der Waals surface area contributed by atoms with Crippen molar-refractivity contribution < 1.29 is 9.59 Å². The summed E-state index contributed by atoms with van der Waals surface area (Å²) in [6.45, 7) is 4.47. The second-order valence-electron chi connectivity index (χ2n) is 6.96. The molecule has 1 aromatic heterocycles. The Morgan fingerprint density at radius 3 is 2.74 bits per heavy atom. The minimum Gasteiger partial charge on any atom is -0.339 e. The molecule has 1 saturated carbocycles. The van der Waals surface area contributed by atoms with Crippen LogP contribution in [0.3, 0.4) is 0 Å². The Hall–Kier alpha value is -1.92. The molecule has 0 spiro atoms. The molecule has 0 radical (unpaired) electrons. The Bertz CT molecular complexity index is 634. The maximum absolute atomic E-state index is 12.8. The number of aromatic nitrogens is 3. The molecule has 1 aromatic rings. The van der Waals surface area contributed by atoms with Gasteiger partial charge in [0.25, 0.3) is 0 Å². The third kappa shape index (κ3) is 2.52. The average Bonchev–Trinajstić information content (AvgIpc) is 3.27. The maximum atomic E-state index is 12.8. The summed E-state index contributed by atoms with van der Waals surface area (Å²) < 4.78 is 2.06. The molecule has 1 atom stereocenters. The van der Waals surface area contributed by atoms with Gasteiger partial charge in [-0.3, -0.25) is 9.59 Å². The van der Waals surface area contributed by atoms with Crippen molar-refractivity contribution in [2.45, 2.75) is 58.2 Å². The summed E-state index contributed by atoms with van der Waals surface area (Å²) in [7, 11) is 0. The fourth-order valence-electron chi connectivity index (χ4n) is 4.22. The maximum Gasteiger partial charge on any atom is 0.228 e. The van der Waals surface area contributed by atoms with Gasteiger partial charge in [-0.1, -0.05) is 12.8 Å². The monoisotopic (exact) mass is 317 g/mol. The summed E-state index contributed by atoms with van der Waals surface area (Å²) >= 11 is 0. The van der Waals surface area contributed by atoms with Crippen molar-refractivity contribution in [1.29, 1.82) is 0 Å². The summed E-state index contributed by atoms with van der Waals surface area (Å²) in [5, 5.41) is 8.23. The van der Waals surface area contributed by atoms with Crippen LogP contribution in [0.5, 0.6) is 0 Å². The van der Waals surface area contributed by atoms with Crippen molar-refractivity contribution >= 4 is 11.8 Å². The van der Waals surface area contributed by atoms with Gasteiger partial charge in [0.1, 0.15) is 5.82 Å². The van der Waals surface area contributed by atoms with Gasteiger partial charge in [0, 0.05) is 32.1 Å². The molecule has 23 heavy (non-hydrogen) atoms. The number of aryl methyl sites for hydroxylation is 1. The number of rotatable bonds is 2. The molecule has 7 heteroatoms. The van der Waals surface area contributed by atoms with Gasteiger partial charge in [0.15, 0.2) is 5.82 Å². The number of amides is 2. The van der Waals surface area contributed by atoms with Gasteiger partial charge in [0.05, 0.1) is 12.5 Å². The van der Waals surface area contributed by atoms with E-state index in [1.165, 1.54) is 12.8 Å². The van der Waals surface area contributed by atoms with Gasteiger partial charge in [-0.15, -0.1) is 10.2 Å². The van der Waals surface area contributed by atoms with Crippen LogP contribution >= 0.6 is 0 Å². The van der Waals surface area contributed by atoms with E-state index in [1.54, 1.807) is 0 Å². The van der Waals surface area contributed by atoms with Crippen molar-refractivity contribution in [3.8, 4) is 0 Å². The zero-order valence-electron chi connectivity index (χ0n) is 13.6. The first kappa shape index (κ1) is 14.7. The van der Waals surface area contributed by atoms with Crippen molar-refractivity contribution in [2.75, 3.05) is 13.1 Å². The molecule has 0 aromatic carbocycles. The summed E-state index contributed by atoms with van der Waals surface area (Å²) in [6, 6.07) is 0.368. The highest BCUT2D eigenvalue weighted by Crippen LogP contribution is 2.30. The van der Waals surface area contributed by atoms with E-state index in [-0.39, 0.29) is 17.7 Å². The molecular formula is C16H23N5O2. The van der Waals surface area contributed by atoms with Crippen molar-refractivity contribution in [1.82, 2.24) is 24.6 Å². The Morgan fingerprint density at radius 2 is 1.96 bits per heavy atom.